The van der Waals surface area contributed by atoms with Crippen LogP contribution in [0, 0.1) is 5.82 Å². The number of thiophene rings is 1. The van der Waals surface area contributed by atoms with Crippen molar-refractivity contribution in [1.29, 1.82) is 0 Å². The van der Waals surface area contributed by atoms with E-state index in [4.69, 9.17) is 0 Å². The summed E-state index contributed by atoms with van der Waals surface area (Å²) in [6.07, 6.45) is -4.85. The van der Waals surface area contributed by atoms with E-state index >= 15 is 0 Å². The fraction of sp³-hybridized carbons (Fsp3) is 0.0769. The number of amides is 3. The highest BCUT2D eigenvalue weighted by atomic mass is 79.9. The van der Waals surface area contributed by atoms with Crippen LogP contribution in [0.3, 0.4) is 0 Å². The monoisotopic (exact) mass is 425 g/mol. The van der Waals surface area contributed by atoms with Crippen molar-refractivity contribution in [2.45, 2.75) is 6.18 Å². The van der Waals surface area contributed by atoms with E-state index < -0.39 is 35.2 Å². The molecular weight excluding hydrogens is 418 g/mol. The molecule has 2 rings (SSSR count). The van der Waals surface area contributed by atoms with Crippen LogP contribution in [0.1, 0.15) is 15.2 Å². The molecule has 0 fully saturated rings. The van der Waals surface area contributed by atoms with E-state index in [-0.39, 0.29) is 10.9 Å². The van der Waals surface area contributed by atoms with Crippen molar-refractivity contribution in [2.75, 3.05) is 5.32 Å². The summed E-state index contributed by atoms with van der Waals surface area (Å²) in [7, 11) is 0. The van der Waals surface area contributed by atoms with E-state index in [0.717, 1.165) is 23.5 Å². The predicted molar refractivity (Wildman–Crippen MR) is 83.0 cm³/mol. The number of hydrogen-bond donors (Lipinski definition) is 3. The molecule has 3 N–H and O–H groups in total. The lowest BCUT2D eigenvalue weighted by Crippen LogP contribution is -2.43. The summed E-state index contributed by atoms with van der Waals surface area (Å²) in [5.41, 5.74) is 1.96. The molecule has 128 valence electrons. The van der Waals surface area contributed by atoms with E-state index in [1.807, 2.05) is 16.2 Å². The number of hydrazine groups is 1. The first kappa shape index (κ1) is 18.2. The van der Waals surface area contributed by atoms with Crippen molar-refractivity contribution in [3.8, 4) is 0 Å². The van der Waals surface area contributed by atoms with E-state index in [2.05, 4.69) is 15.9 Å². The maximum Gasteiger partial charge on any atom is 0.418 e. The van der Waals surface area contributed by atoms with E-state index in [9.17, 15) is 27.2 Å². The molecule has 24 heavy (non-hydrogen) atoms. The van der Waals surface area contributed by atoms with Gasteiger partial charge in [0.1, 0.15) is 5.82 Å². The Balaban J connectivity index is 2.01. The van der Waals surface area contributed by atoms with Crippen molar-refractivity contribution in [1.82, 2.24) is 10.9 Å². The molecule has 2 aromatic rings. The molecule has 0 unspecified atom stereocenters. The second-order valence-electron chi connectivity index (χ2n) is 4.32. The number of carbonyl (C=O) groups excluding carboxylic acids is 2. The minimum absolute atomic E-state index is 0.261. The molecule has 1 heterocycles. The van der Waals surface area contributed by atoms with Crippen LogP contribution in [0.5, 0.6) is 0 Å². The number of halogens is 5. The number of carbonyl (C=O) groups is 2. The average Bonchev–Trinajstić information content (AvgIpc) is 2.92. The topological polar surface area (TPSA) is 70.2 Å². The fourth-order valence-corrected chi connectivity index (χ4v) is 2.91. The van der Waals surface area contributed by atoms with Gasteiger partial charge in [0.05, 0.1) is 19.9 Å². The highest BCUT2D eigenvalue weighted by Gasteiger charge is 2.34. The van der Waals surface area contributed by atoms with Crippen molar-refractivity contribution in [2.24, 2.45) is 0 Å². The van der Waals surface area contributed by atoms with Crippen molar-refractivity contribution in [3.63, 3.8) is 0 Å². The molecule has 0 aliphatic carbocycles. The molecule has 3 amide bonds. The van der Waals surface area contributed by atoms with Crippen LogP contribution in [0.4, 0.5) is 28.0 Å². The van der Waals surface area contributed by atoms with Crippen LogP contribution in [-0.4, -0.2) is 11.9 Å². The van der Waals surface area contributed by atoms with Gasteiger partial charge in [-0.15, -0.1) is 11.3 Å². The van der Waals surface area contributed by atoms with Crippen molar-refractivity contribution < 1.29 is 27.2 Å². The molecule has 0 aliphatic heterocycles. The SMILES string of the molecule is O=C(NNC(=O)c1ccc(Br)s1)Nc1ccc(F)cc1C(F)(F)F. The summed E-state index contributed by atoms with van der Waals surface area (Å²) < 4.78 is 52.1. The van der Waals surface area contributed by atoms with Gasteiger partial charge in [-0.3, -0.25) is 10.2 Å². The van der Waals surface area contributed by atoms with E-state index in [0.29, 0.717) is 3.79 Å². The zero-order chi connectivity index (χ0) is 17.9. The first-order valence-electron chi connectivity index (χ1n) is 6.16. The first-order valence-corrected chi connectivity index (χ1v) is 7.77. The molecule has 0 bridgehead atoms. The smallest absolute Gasteiger partial charge is 0.306 e. The average molecular weight is 426 g/mol. The lowest BCUT2D eigenvalue weighted by Gasteiger charge is -2.14. The molecule has 5 nitrogen and oxygen atoms in total. The van der Waals surface area contributed by atoms with Gasteiger partial charge in [-0.05, 0) is 46.3 Å². The van der Waals surface area contributed by atoms with Gasteiger partial charge < -0.3 is 5.32 Å². The standard InChI is InChI=1S/C13H8BrF4N3O2S/c14-10-4-3-9(24-10)11(22)20-21-12(23)19-8-2-1-6(15)5-7(8)13(16,17)18/h1-5H,(H,20,22)(H2,19,21,23). The highest BCUT2D eigenvalue weighted by Crippen LogP contribution is 2.35. The normalized spacial score (nSPS) is 11.0. The van der Waals surface area contributed by atoms with Gasteiger partial charge in [-0.25, -0.2) is 14.6 Å². The number of benzene rings is 1. The summed E-state index contributed by atoms with van der Waals surface area (Å²) in [6, 6.07) is 3.80. The van der Waals surface area contributed by atoms with Crippen LogP contribution < -0.4 is 16.2 Å². The van der Waals surface area contributed by atoms with Crippen molar-refractivity contribution in [3.05, 3.63) is 50.4 Å². The Labute approximate surface area is 145 Å². The van der Waals surface area contributed by atoms with Crippen LogP contribution in [0.2, 0.25) is 0 Å². The Kier molecular flexibility index (Phi) is 5.44. The van der Waals surface area contributed by atoms with Crippen LogP contribution in [0.25, 0.3) is 0 Å². The maximum absolute atomic E-state index is 13.0. The number of rotatable bonds is 2. The number of urea groups is 1. The van der Waals surface area contributed by atoms with Crippen LogP contribution in [0.15, 0.2) is 34.1 Å². The molecule has 1 aromatic carbocycles. The van der Waals surface area contributed by atoms with E-state index in [1.165, 1.54) is 6.07 Å². The van der Waals surface area contributed by atoms with Gasteiger partial charge in [0, 0.05) is 0 Å². The minimum Gasteiger partial charge on any atom is -0.306 e. The molecule has 1 aromatic heterocycles. The molecule has 11 heteroatoms. The third kappa shape index (κ3) is 4.68. The Bertz CT molecular complexity index is 779. The second-order valence-corrected chi connectivity index (χ2v) is 6.79. The molecule has 0 aliphatic rings. The largest absolute Gasteiger partial charge is 0.418 e. The van der Waals surface area contributed by atoms with Gasteiger partial charge in [-0.1, -0.05) is 0 Å². The summed E-state index contributed by atoms with van der Waals surface area (Å²) in [6.45, 7) is 0. The van der Waals surface area contributed by atoms with Crippen LogP contribution in [-0.2, 0) is 6.18 Å². The number of anilines is 1. The van der Waals surface area contributed by atoms with Gasteiger partial charge in [0.25, 0.3) is 5.91 Å². The molecule has 0 atom stereocenters. The fourth-order valence-electron chi connectivity index (χ4n) is 1.63. The molecule has 0 radical (unpaired) electrons. The number of nitrogens with one attached hydrogen (secondary N) is 3. The van der Waals surface area contributed by atoms with E-state index in [1.54, 1.807) is 6.07 Å². The lowest BCUT2D eigenvalue weighted by atomic mass is 10.1. The summed E-state index contributed by atoms with van der Waals surface area (Å²) in [4.78, 5) is 23.6. The molecule has 0 saturated carbocycles. The summed E-state index contributed by atoms with van der Waals surface area (Å²) >= 11 is 4.26. The van der Waals surface area contributed by atoms with Crippen molar-refractivity contribution >= 4 is 44.9 Å². The second kappa shape index (κ2) is 7.18. The van der Waals surface area contributed by atoms with Gasteiger partial charge in [0.15, 0.2) is 0 Å². The van der Waals surface area contributed by atoms with Gasteiger partial charge in [0.2, 0.25) is 0 Å². The zero-order valence-electron chi connectivity index (χ0n) is 11.5. The highest BCUT2D eigenvalue weighted by molar-refractivity contribution is 9.11. The Hall–Kier alpha value is -2.14. The number of hydrogen-bond acceptors (Lipinski definition) is 3. The number of alkyl halides is 3. The third-order valence-corrected chi connectivity index (χ3v) is 4.24. The Morgan fingerprint density at radius 3 is 2.38 bits per heavy atom. The van der Waals surface area contributed by atoms with Gasteiger partial charge in [-0.2, -0.15) is 13.2 Å². The predicted octanol–water partition coefficient (Wildman–Crippen LogP) is 4.14. The molecule has 0 saturated heterocycles. The zero-order valence-corrected chi connectivity index (χ0v) is 13.9. The molecule has 0 spiro atoms. The minimum atomic E-state index is -4.85. The maximum atomic E-state index is 13.0. The molecular formula is C13H8BrF4N3O2S. The lowest BCUT2D eigenvalue weighted by molar-refractivity contribution is -0.137. The summed E-state index contributed by atoms with van der Waals surface area (Å²) in [5, 5.41) is 1.90. The quantitative estimate of drug-likeness (QED) is 0.499. The first-order chi connectivity index (χ1) is 11.2. The van der Waals surface area contributed by atoms with Crippen LogP contribution >= 0.6 is 27.3 Å². The summed E-state index contributed by atoms with van der Waals surface area (Å²) in [5.74, 6) is -1.74. The third-order valence-electron chi connectivity index (χ3n) is 2.62. The Morgan fingerprint density at radius 1 is 1.08 bits per heavy atom. The Morgan fingerprint density at radius 2 is 1.79 bits per heavy atom. The van der Waals surface area contributed by atoms with Gasteiger partial charge >= 0.3 is 12.2 Å².